The number of carbonyl (C=O) groups excluding carboxylic acids is 1. The fourth-order valence-corrected chi connectivity index (χ4v) is 2.41. The van der Waals surface area contributed by atoms with Crippen molar-refractivity contribution in [1.82, 2.24) is 5.32 Å². The number of urea groups is 1. The maximum absolute atomic E-state index is 12.0. The van der Waals surface area contributed by atoms with Gasteiger partial charge in [-0.2, -0.15) is 0 Å². The molecule has 128 valence electrons. The predicted molar refractivity (Wildman–Crippen MR) is 98.7 cm³/mol. The van der Waals surface area contributed by atoms with E-state index in [9.17, 15) is 4.79 Å². The highest BCUT2D eigenvalue weighted by atomic mass is 16.5. The molecule has 0 aliphatic rings. The third-order valence-electron chi connectivity index (χ3n) is 3.97. The van der Waals surface area contributed by atoms with Crippen LogP contribution in [-0.2, 0) is 0 Å². The van der Waals surface area contributed by atoms with Crippen LogP contribution in [0.3, 0.4) is 0 Å². The first-order chi connectivity index (χ1) is 11.7. The van der Waals surface area contributed by atoms with Gasteiger partial charge in [-0.05, 0) is 42.5 Å². The van der Waals surface area contributed by atoms with Gasteiger partial charge >= 0.3 is 6.03 Å². The zero-order valence-corrected chi connectivity index (χ0v) is 14.4. The number of nitrogens with one attached hydrogen (secondary N) is 2. The van der Waals surface area contributed by atoms with Crippen molar-refractivity contribution in [2.24, 2.45) is 0 Å². The Morgan fingerprint density at radius 2 is 1.79 bits per heavy atom. The number of amides is 2. The van der Waals surface area contributed by atoms with E-state index in [0.717, 1.165) is 24.3 Å². The van der Waals surface area contributed by atoms with Crippen molar-refractivity contribution in [1.29, 1.82) is 0 Å². The molecule has 4 heteroatoms. The molecule has 1 atom stereocenters. The fraction of sp³-hybridized carbons (Fsp3) is 0.350. The fourth-order valence-electron chi connectivity index (χ4n) is 2.41. The molecular formula is C20H26N2O2. The summed E-state index contributed by atoms with van der Waals surface area (Å²) >= 11 is 0. The molecule has 2 aromatic rings. The van der Waals surface area contributed by atoms with E-state index in [1.807, 2.05) is 48.5 Å². The topological polar surface area (TPSA) is 50.4 Å². The third-order valence-corrected chi connectivity index (χ3v) is 3.97. The smallest absolute Gasteiger partial charge is 0.319 e. The summed E-state index contributed by atoms with van der Waals surface area (Å²) in [6, 6.07) is 17.5. The molecule has 0 spiro atoms. The molecule has 2 aromatic carbocycles. The van der Waals surface area contributed by atoms with Crippen LogP contribution in [0.1, 0.15) is 38.2 Å². The van der Waals surface area contributed by atoms with Gasteiger partial charge in [0, 0.05) is 12.2 Å². The van der Waals surface area contributed by atoms with Crippen molar-refractivity contribution >= 4 is 11.7 Å². The van der Waals surface area contributed by atoms with E-state index in [1.54, 1.807) is 0 Å². The van der Waals surface area contributed by atoms with Crippen molar-refractivity contribution in [3.05, 3.63) is 60.2 Å². The number of hydrogen-bond acceptors (Lipinski definition) is 2. The van der Waals surface area contributed by atoms with Crippen molar-refractivity contribution in [3.8, 4) is 5.75 Å². The minimum Gasteiger partial charge on any atom is -0.494 e. The average Bonchev–Trinajstić information content (AvgIpc) is 2.62. The molecule has 24 heavy (non-hydrogen) atoms. The number of rotatable bonds is 8. The van der Waals surface area contributed by atoms with Crippen LogP contribution in [0.2, 0.25) is 0 Å². The van der Waals surface area contributed by atoms with Gasteiger partial charge in [0.25, 0.3) is 0 Å². The van der Waals surface area contributed by atoms with Crippen molar-refractivity contribution < 1.29 is 9.53 Å². The molecule has 0 aromatic heterocycles. The highest BCUT2D eigenvalue weighted by molar-refractivity contribution is 5.90. The number of ether oxygens (including phenoxy) is 1. The quantitative estimate of drug-likeness (QED) is 0.685. The molecule has 1 unspecified atom stereocenters. The maximum atomic E-state index is 12.0. The van der Waals surface area contributed by atoms with Gasteiger partial charge < -0.3 is 15.4 Å². The Morgan fingerprint density at radius 1 is 1.08 bits per heavy atom. The third kappa shape index (κ3) is 5.61. The van der Waals surface area contributed by atoms with E-state index in [1.165, 1.54) is 5.56 Å². The summed E-state index contributed by atoms with van der Waals surface area (Å²) in [6.07, 6.45) is 1.80. The van der Waals surface area contributed by atoms with Crippen LogP contribution in [0.4, 0.5) is 10.5 Å². The largest absolute Gasteiger partial charge is 0.494 e. The number of benzene rings is 2. The Hall–Kier alpha value is -2.49. The summed E-state index contributed by atoms with van der Waals surface area (Å²) in [7, 11) is 0. The lowest BCUT2D eigenvalue weighted by molar-refractivity contribution is 0.250. The standard InChI is InChI=1S/C20H26N2O2/c1-3-16(2)18-12-7-8-13-19(18)22-20(23)21-14-9-15-24-17-10-5-4-6-11-17/h4-8,10-13,16H,3,9,14-15H2,1-2H3,(H2,21,22,23). The second kappa shape index (κ2) is 9.60. The van der Waals surface area contributed by atoms with E-state index in [4.69, 9.17) is 4.74 Å². The Bertz CT molecular complexity index is 629. The molecule has 0 radical (unpaired) electrons. The number of hydrogen-bond donors (Lipinski definition) is 2. The molecule has 4 nitrogen and oxygen atoms in total. The molecule has 0 fully saturated rings. The maximum Gasteiger partial charge on any atom is 0.319 e. The first kappa shape index (κ1) is 17.9. The van der Waals surface area contributed by atoms with E-state index >= 15 is 0 Å². The van der Waals surface area contributed by atoms with Crippen molar-refractivity contribution in [2.45, 2.75) is 32.6 Å². The number of carbonyl (C=O) groups is 1. The highest BCUT2D eigenvalue weighted by Gasteiger charge is 2.10. The Balaban J connectivity index is 1.72. The van der Waals surface area contributed by atoms with Crippen LogP contribution >= 0.6 is 0 Å². The summed E-state index contributed by atoms with van der Waals surface area (Å²) in [5, 5.41) is 5.82. The molecule has 0 aliphatic carbocycles. The zero-order valence-electron chi connectivity index (χ0n) is 14.4. The summed E-state index contributed by atoms with van der Waals surface area (Å²) in [5.74, 6) is 1.27. The van der Waals surface area contributed by atoms with E-state index < -0.39 is 0 Å². The first-order valence-electron chi connectivity index (χ1n) is 8.52. The van der Waals surface area contributed by atoms with Crippen LogP contribution in [0.5, 0.6) is 5.75 Å². The summed E-state index contributed by atoms with van der Waals surface area (Å²) in [5.41, 5.74) is 2.05. The number of anilines is 1. The van der Waals surface area contributed by atoms with Gasteiger partial charge in [-0.25, -0.2) is 4.79 Å². The lowest BCUT2D eigenvalue weighted by Gasteiger charge is -2.16. The van der Waals surface area contributed by atoms with Gasteiger partial charge in [0.05, 0.1) is 6.61 Å². The summed E-state index contributed by atoms with van der Waals surface area (Å²) in [6.45, 7) is 5.46. The van der Waals surface area contributed by atoms with Crippen LogP contribution in [0, 0.1) is 0 Å². The number of para-hydroxylation sites is 2. The van der Waals surface area contributed by atoms with Gasteiger partial charge in [0.15, 0.2) is 0 Å². The second-order valence-electron chi connectivity index (χ2n) is 5.79. The molecule has 0 heterocycles. The minimum absolute atomic E-state index is 0.175. The Kier molecular flexibility index (Phi) is 7.15. The lowest BCUT2D eigenvalue weighted by atomic mass is 9.97. The van der Waals surface area contributed by atoms with E-state index in [-0.39, 0.29) is 6.03 Å². The molecule has 2 N–H and O–H groups in total. The van der Waals surface area contributed by atoms with Gasteiger partial charge in [-0.3, -0.25) is 0 Å². The van der Waals surface area contributed by atoms with Gasteiger partial charge in [0.2, 0.25) is 0 Å². The average molecular weight is 326 g/mol. The van der Waals surface area contributed by atoms with Gasteiger partial charge in [-0.1, -0.05) is 50.2 Å². The second-order valence-corrected chi connectivity index (χ2v) is 5.79. The Morgan fingerprint density at radius 3 is 2.54 bits per heavy atom. The lowest BCUT2D eigenvalue weighted by Crippen LogP contribution is -2.30. The van der Waals surface area contributed by atoms with E-state index in [0.29, 0.717) is 19.1 Å². The summed E-state index contributed by atoms with van der Waals surface area (Å²) in [4.78, 5) is 12.0. The van der Waals surface area contributed by atoms with Crippen LogP contribution in [0.25, 0.3) is 0 Å². The normalized spacial score (nSPS) is 11.6. The highest BCUT2D eigenvalue weighted by Crippen LogP contribution is 2.26. The predicted octanol–water partition coefficient (Wildman–Crippen LogP) is 4.79. The molecule has 2 rings (SSSR count). The summed E-state index contributed by atoms with van der Waals surface area (Å²) < 4.78 is 5.60. The van der Waals surface area contributed by atoms with Gasteiger partial charge in [-0.15, -0.1) is 0 Å². The van der Waals surface area contributed by atoms with Gasteiger partial charge in [0.1, 0.15) is 5.75 Å². The Labute approximate surface area is 144 Å². The molecule has 0 saturated heterocycles. The molecule has 0 bridgehead atoms. The van der Waals surface area contributed by atoms with Crippen LogP contribution < -0.4 is 15.4 Å². The van der Waals surface area contributed by atoms with Crippen LogP contribution in [-0.4, -0.2) is 19.2 Å². The molecule has 0 aliphatic heterocycles. The molecular weight excluding hydrogens is 300 g/mol. The SMILES string of the molecule is CCC(C)c1ccccc1NC(=O)NCCCOc1ccccc1. The molecule has 0 saturated carbocycles. The monoisotopic (exact) mass is 326 g/mol. The minimum atomic E-state index is -0.175. The zero-order chi connectivity index (χ0) is 17.2. The first-order valence-corrected chi connectivity index (χ1v) is 8.52. The van der Waals surface area contributed by atoms with Crippen LogP contribution in [0.15, 0.2) is 54.6 Å². The van der Waals surface area contributed by atoms with Crippen molar-refractivity contribution in [3.63, 3.8) is 0 Å². The van der Waals surface area contributed by atoms with E-state index in [2.05, 4.69) is 30.5 Å². The molecule has 2 amide bonds. The van der Waals surface area contributed by atoms with Crippen molar-refractivity contribution in [2.75, 3.05) is 18.5 Å².